The maximum Gasteiger partial charge on any atom is 0.234 e. The Kier molecular flexibility index (Phi) is 6.01. The number of benzene rings is 2. The van der Waals surface area contributed by atoms with Crippen molar-refractivity contribution in [3.63, 3.8) is 0 Å². The van der Waals surface area contributed by atoms with Gasteiger partial charge in [-0.05, 0) is 36.4 Å². The summed E-state index contributed by atoms with van der Waals surface area (Å²) in [5.41, 5.74) is 2.86. The number of fused-ring (bicyclic) bond motifs is 1. The summed E-state index contributed by atoms with van der Waals surface area (Å²) in [6.45, 7) is 4.75. The highest BCUT2D eigenvalue weighted by molar-refractivity contribution is 8.01. The van der Waals surface area contributed by atoms with Gasteiger partial charge in [0, 0.05) is 44.5 Å². The number of rotatable bonds is 5. The number of anilines is 2. The molecular formula is C21H22N4O2S2. The van der Waals surface area contributed by atoms with Gasteiger partial charge in [-0.15, -0.1) is 11.3 Å². The van der Waals surface area contributed by atoms with Crippen LogP contribution in [-0.4, -0.2) is 53.6 Å². The Hall–Kier alpha value is -2.58. The lowest BCUT2D eigenvalue weighted by atomic mass is 10.2. The average Bonchev–Trinajstić information content (AvgIpc) is 3.16. The van der Waals surface area contributed by atoms with Crippen molar-refractivity contribution in [2.75, 3.05) is 42.1 Å². The van der Waals surface area contributed by atoms with E-state index < -0.39 is 0 Å². The smallest absolute Gasteiger partial charge is 0.234 e. The van der Waals surface area contributed by atoms with Crippen molar-refractivity contribution in [3.05, 3.63) is 48.5 Å². The van der Waals surface area contributed by atoms with E-state index in [1.165, 1.54) is 11.8 Å². The predicted octanol–water partition coefficient (Wildman–Crippen LogP) is 3.70. The van der Waals surface area contributed by atoms with E-state index in [-0.39, 0.29) is 11.8 Å². The molecule has 2 amide bonds. The predicted molar refractivity (Wildman–Crippen MR) is 120 cm³/mol. The molecule has 1 N–H and O–H groups in total. The molecule has 0 unspecified atom stereocenters. The summed E-state index contributed by atoms with van der Waals surface area (Å²) in [5.74, 6) is 0.415. The molecule has 8 heteroatoms. The number of hydrogen-bond acceptors (Lipinski definition) is 6. The number of thiazole rings is 1. The molecule has 150 valence electrons. The van der Waals surface area contributed by atoms with Crippen molar-refractivity contribution in [1.29, 1.82) is 0 Å². The van der Waals surface area contributed by atoms with Gasteiger partial charge in [0.25, 0.3) is 0 Å². The Morgan fingerprint density at radius 2 is 1.79 bits per heavy atom. The molecule has 1 saturated heterocycles. The van der Waals surface area contributed by atoms with Crippen LogP contribution in [0.5, 0.6) is 0 Å². The Labute approximate surface area is 177 Å². The molecular weight excluding hydrogens is 404 g/mol. The standard InChI is InChI=1S/C21H22N4O2S2/c1-15(26)24-10-12-25(13-11-24)17-8-6-16(7-9-17)22-20(27)14-28-21-23-18-4-2-3-5-19(18)29-21/h2-9H,10-14H2,1H3,(H,22,27). The van der Waals surface area contributed by atoms with Gasteiger partial charge in [0.15, 0.2) is 4.34 Å². The van der Waals surface area contributed by atoms with E-state index in [4.69, 9.17) is 0 Å². The number of thioether (sulfide) groups is 1. The van der Waals surface area contributed by atoms with E-state index in [9.17, 15) is 9.59 Å². The fraction of sp³-hybridized carbons (Fsp3) is 0.286. The van der Waals surface area contributed by atoms with Gasteiger partial charge in [0.1, 0.15) is 0 Å². The molecule has 4 rings (SSSR count). The molecule has 0 atom stereocenters. The van der Waals surface area contributed by atoms with Crippen LogP contribution in [0, 0.1) is 0 Å². The second-order valence-electron chi connectivity index (χ2n) is 6.82. The summed E-state index contributed by atoms with van der Waals surface area (Å²) in [6.07, 6.45) is 0. The van der Waals surface area contributed by atoms with E-state index >= 15 is 0 Å². The van der Waals surface area contributed by atoms with Crippen molar-refractivity contribution >= 4 is 56.5 Å². The molecule has 6 nitrogen and oxygen atoms in total. The summed E-state index contributed by atoms with van der Waals surface area (Å²) in [5, 5.41) is 2.94. The number of nitrogens with one attached hydrogen (secondary N) is 1. The number of amides is 2. The maximum atomic E-state index is 12.3. The van der Waals surface area contributed by atoms with Crippen LogP contribution in [0.3, 0.4) is 0 Å². The molecule has 2 aromatic carbocycles. The molecule has 1 aromatic heterocycles. The Morgan fingerprint density at radius 3 is 2.48 bits per heavy atom. The lowest BCUT2D eigenvalue weighted by Crippen LogP contribution is -2.48. The molecule has 1 fully saturated rings. The third-order valence-corrected chi connectivity index (χ3v) is 7.02. The van der Waals surface area contributed by atoms with E-state index in [1.54, 1.807) is 18.3 Å². The Bertz CT molecular complexity index is 978. The third kappa shape index (κ3) is 4.89. The van der Waals surface area contributed by atoms with E-state index in [1.807, 2.05) is 53.4 Å². The zero-order chi connectivity index (χ0) is 20.2. The second kappa shape index (κ2) is 8.84. The first-order valence-electron chi connectivity index (χ1n) is 9.47. The van der Waals surface area contributed by atoms with Gasteiger partial charge in [-0.1, -0.05) is 23.9 Å². The third-order valence-electron chi connectivity index (χ3n) is 4.84. The largest absolute Gasteiger partial charge is 0.368 e. The molecule has 0 radical (unpaired) electrons. The van der Waals surface area contributed by atoms with E-state index in [0.717, 1.165) is 52.1 Å². The van der Waals surface area contributed by atoms with Gasteiger partial charge in [-0.3, -0.25) is 9.59 Å². The molecule has 0 spiro atoms. The van der Waals surface area contributed by atoms with Crippen LogP contribution in [0.2, 0.25) is 0 Å². The molecule has 0 aliphatic carbocycles. The van der Waals surface area contributed by atoms with Gasteiger partial charge in [-0.2, -0.15) is 0 Å². The zero-order valence-electron chi connectivity index (χ0n) is 16.1. The van der Waals surface area contributed by atoms with Crippen LogP contribution in [0.1, 0.15) is 6.92 Å². The maximum absolute atomic E-state index is 12.3. The summed E-state index contributed by atoms with van der Waals surface area (Å²) < 4.78 is 2.04. The van der Waals surface area contributed by atoms with E-state index in [0.29, 0.717) is 5.75 Å². The monoisotopic (exact) mass is 426 g/mol. The van der Waals surface area contributed by atoms with Crippen LogP contribution in [0.25, 0.3) is 10.2 Å². The molecule has 29 heavy (non-hydrogen) atoms. The summed E-state index contributed by atoms with van der Waals surface area (Å²) in [6, 6.07) is 15.9. The molecule has 0 saturated carbocycles. The highest BCUT2D eigenvalue weighted by atomic mass is 32.2. The Morgan fingerprint density at radius 1 is 1.07 bits per heavy atom. The number of nitrogens with zero attached hydrogens (tertiary/aromatic N) is 3. The minimum absolute atomic E-state index is 0.0444. The molecule has 1 aliphatic heterocycles. The van der Waals surface area contributed by atoms with Crippen LogP contribution in [0.4, 0.5) is 11.4 Å². The van der Waals surface area contributed by atoms with Gasteiger partial charge in [-0.25, -0.2) is 4.98 Å². The number of aromatic nitrogens is 1. The number of hydrogen-bond donors (Lipinski definition) is 1. The minimum Gasteiger partial charge on any atom is -0.368 e. The zero-order valence-corrected chi connectivity index (χ0v) is 17.8. The van der Waals surface area contributed by atoms with Crippen LogP contribution in [0.15, 0.2) is 52.9 Å². The molecule has 1 aliphatic rings. The first-order valence-corrected chi connectivity index (χ1v) is 11.3. The van der Waals surface area contributed by atoms with E-state index in [2.05, 4.69) is 15.2 Å². The molecule has 3 aromatic rings. The number of carbonyl (C=O) groups is 2. The average molecular weight is 427 g/mol. The van der Waals surface area contributed by atoms with Crippen LogP contribution >= 0.6 is 23.1 Å². The number of piperazine rings is 1. The van der Waals surface area contributed by atoms with Gasteiger partial charge >= 0.3 is 0 Å². The van der Waals surface area contributed by atoms with Gasteiger partial charge in [0.2, 0.25) is 11.8 Å². The van der Waals surface area contributed by atoms with Crippen molar-refractivity contribution in [1.82, 2.24) is 9.88 Å². The molecule has 2 heterocycles. The minimum atomic E-state index is -0.0444. The van der Waals surface area contributed by atoms with Crippen molar-refractivity contribution in [3.8, 4) is 0 Å². The lowest BCUT2D eigenvalue weighted by molar-refractivity contribution is -0.129. The van der Waals surface area contributed by atoms with Crippen molar-refractivity contribution in [2.24, 2.45) is 0 Å². The van der Waals surface area contributed by atoms with Gasteiger partial charge < -0.3 is 15.1 Å². The first-order chi connectivity index (χ1) is 14.1. The Balaban J connectivity index is 1.28. The number of carbonyl (C=O) groups excluding carboxylic acids is 2. The highest BCUT2D eigenvalue weighted by Gasteiger charge is 2.18. The normalized spacial score (nSPS) is 14.2. The summed E-state index contributed by atoms with van der Waals surface area (Å²) in [7, 11) is 0. The van der Waals surface area contributed by atoms with Crippen LogP contribution < -0.4 is 10.2 Å². The van der Waals surface area contributed by atoms with Crippen molar-refractivity contribution in [2.45, 2.75) is 11.3 Å². The quantitative estimate of drug-likeness (QED) is 0.631. The number of para-hydroxylation sites is 1. The second-order valence-corrected chi connectivity index (χ2v) is 9.08. The summed E-state index contributed by atoms with van der Waals surface area (Å²) >= 11 is 3.06. The van der Waals surface area contributed by atoms with Crippen LogP contribution in [-0.2, 0) is 9.59 Å². The lowest BCUT2D eigenvalue weighted by Gasteiger charge is -2.35. The molecule has 0 bridgehead atoms. The SMILES string of the molecule is CC(=O)N1CCN(c2ccc(NC(=O)CSc3nc4ccccc4s3)cc2)CC1. The summed E-state index contributed by atoms with van der Waals surface area (Å²) in [4.78, 5) is 32.4. The fourth-order valence-corrected chi connectivity index (χ4v) is 5.14. The van der Waals surface area contributed by atoms with Gasteiger partial charge in [0.05, 0.1) is 16.0 Å². The van der Waals surface area contributed by atoms with Crippen molar-refractivity contribution < 1.29 is 9.59 Å². The first kappa shape index (κ1) is 19.7. The topological polar surface area (TPSA) is 65.5 Å². The highest BCUT2D eigenvalue weighted by Crippen LogP contribution is 2.29. The fourth-order valence-electron chi connectivity index (χ4n) is 3.27.